The van der Waals surface area contributed by atoms with Crippen molar-refractivity contribution < 1.29 is 5.11 Å². The number of likely N-dealkylation sites (tertiary alicyclic amines) is 1. The molecule has 142 valence electrons. The highest BCUT2D eigenvalue weighted by molar-refractivity contribution is 14.0. The van der Waals surface area contributed by atoms with Gasteiger partial charge in [0.05, 0.1) is 6.10 Å². The van der Waals surface area contributed by atoms with Crippen LogP contribution in [0.4, 0.5) is 0 Å². The normalized spacial score (nSPS) is 15.8. The van der Waals surface area contributed by atoms with Gasteiger partial charge in [-0.25, -0.2) is 0 Å². The van der Waals surface area contributed by atoms with Gasteiger partial charge in [-0.1, -0.05) is 12.1 Å². The van der Waals surface area contributed by atoms with E-state index in [4.69, 9.17) is 4.99 Å². The SMILES string of the molecule is CCNC(=NCCCCSc1ccccc1Br)N1CCC(O)CC1.I. The first kappa shape index (κ1) is 23.0. The maximum absolute atomic E-state index is 9.63. The number of aliphatic hydroxyl groups excluding tert-OH is 1. The summed E-state index contributed by atoms with van der Waals surface area (Å²) in [6.45, 7) is 5.63. The van der Waals surface area contributed by atoms with Crippen LogP contribution in [0.2, 0.25) is 0 Å². The molecule has 0 radical (unpaired) electrons. The lowest BCUT2D eigenvalue weighted by molar-refractivity contribution is 0.108. The molecule has 7 heteroatoms. The van der Waals surface area contributed by atoms with Crippen molar-refractivity contribution in [3.63, 3.8) is 0 Å². The summed E-state index contributed by atoms with van der Waals surface area (Å²) in [5.41, 5.74) is 0. The summed E-state index contributed by atoms with van der Waals surface area (Å²) in [5, 5.41) is 13.0. The fraction of sp³-hybridized carbons (Fsp3) is 0.611. The van der Waals surface area contributed by atoms with Crippen molar-refractivity contribution in [1.82, 2.24) is 10.2 Å². The number of aliphatic hydroxyl groups is 1. The Hall–Kier alpha value is 0.01000. The molecular weight excluding hydrogens is 513 g/mol. The minimum absolute atomic E-state index is 0. The molecule has 1 heterocycles. The largest absolute Gasteiger partial charge is 0.393 e. The van der Waals surface area contributed by atoms with E-state index in [0.717, 1.165) is 63.6 Å². The van der Waals surface area contributed by atoms with Crippen LogP contribution in [0.5, 0.6) is 0 Å². The quantitative estimate of drug-likeness (QED) is 0.177. The van der Waals surface area contributed by atoms with Crippen LogP contribution < -0.4 is 5.32 Å². The van der Waals surface area contributed by atoms with Gasteiger partial charge in [-0.15, -0.1) is 35.7 Å². The predicted octanol–water partition coefficient (Wildman–Crippen LogP) is 4.36. The van der Waals surface area contributed by atoms with Crippen LogP contribution in [0.3, 0.4) is 0 Å². The number of aliphatic imine (C=N–C) groups is 1. The molecule has 0 aromatic heterocycles. The first-order valence-corrected chi connectivity index (χ1v) is 10.6. The van der Waals surface area contributed by atoms with Crippen LogP contribution in [-0.2, 0) is 0 Å². The molecule has 4 nitrogen and oxygen atoms in total. The standard InChI is InChI=1S/C18H28BrN3OS.HI/c1-2-20-18(22-12-9-15(23)10-13-22)21-11-5-6-14-24-17-8-4-3-7-16(17)19;/h3-4,7-8,15,23H,2,5-6,9-14H2,1H3,(H,20,21);1H. The number of nitrogens with zero attached hydrogens (tertiary/aromatic N) is 2. The van der Waals surface area contributed by atoms with Crippen molar-refractivity contribution in [3.8, 4) is 0 Å². The molecule has 0 spiro atoms. The topological polar surface area (TPSA) is 47.9 Å². The lowest BCUT2D eigenvalue weighted by Gasteiger charge is -2.32. The second kappa shape index (κ2) is 13.2. The van der Waals surface area contributed by atoms with E-state index in [9.17, 15) is 5.11 Å². The van der Waals surface area contributed by atoms with Crippen LogP contribution in [0, 0.1) is 0 Å². The number of nitrogens with one attached hydrogen (secondary N) is 1. The molecule has 0 bridgehead atoms. The molecule has 2 rings (SSSR count). The number of guanidine groups is 1. The van der Waals surface area contributed by atoms with Crippen LogP contribution in [-0.4, -0.2) is 54.0 Å². The van der Waals surface area contributed by atoms with Crippen molar-refractivity contribution in [2.24, 2.45) is 4.99 Å². The Balaban J connectivity index is 0.00000312. The molecule has 0 atom stereocenters. The van der Waals surface area contributed by atoms with Gasteiger partial charge in [-0.05, 0) is 66.4 Å². The number of rotatable bonds is 7. The zero-order valence-electron chi connectivity index (χ0n) is 14.8. The van der Waals surface area contributed by atoms with Crippen molar-refractivity contribution in [1.29, 1.82) is 0 Å². The van der Waals surface area contributed by atoms with Gasteiger partial charge in [0, 0.05) is 35.5 Å². The Morgan fingerprint density at radius 2 is 2.04 bits per heavy atom. The third kappa shape index (κ3) is 8.49. The van der Waals surface area contributed by atoms with Gasteiger partial charge in [-0.2, -0.15) is 0 Å². The zero-order valence-corrected chi connectivity index (χ0v) is 19.5. The average molecular weight is 542 g/mol. The Bertz CT molecular complexity index is 525. The zero-order chi connectivity index (χ0) is 17.2. The van der Waals surface area contributed by atoms with Crippen LogP contribution in [0.25, 0.3) is 0 Å². The average Bonchev–Trinajstić information content (AvgIpc) is 2.59. The molecule has 1 fully saturated rings. The van der Waals surface area contributed by atoms with E-state index in [-0.39, 0.29) is 30.1 Å². The number of thioether (sulfide) groups is 1. The summed E-state index contributed by atoms with van der Waals surface area (Å²) in [6.07, 6.45) is 3.80. The lowest BCUT2D eigenvalue weighted by atomic mass is 10.1. The third-order valence-corrected chi connectivity index (χ3v) is 6.12. The minimum atomic E-state index is -0.140. The second-order valence-corrected chi connectivity index (χ2v) is 7.93. The van der Waals surface area contributed by atoms with Crippen molar-refractivity contribution in [2.75, 3.05) is 31.9 Å². The van der Waals surface area contributed by atoms with Crippen LogP contribution >= 0.6 is 51.7 Å². The molecule has 1 aromatic rings. The summed E-state index contributed by atoms with van der Waals surface area (Å²) in [6, 6.07) is 8.37. The van der Waals surface area contributed by atoms with Crippen LogP contribution in [0.1, 0.15) is 32.6 Å². The van der Waals surface area contributed by atoms with Gasteiger partial charge >= 0.3 is 0 Å². The van der Waals surface area contributed by atoms with Gasteiger partial charge in [0.25, 0.3) is 0 Å². The summed E-state index contributed by atoms with van der Waals surface area (Å²) < 4.78 is 1.18. The van der Waals surface area contributed by atoms with E-state index in [1.807, 2.05) is 17.8 Å². The molecule has 0 unspecified atom stereocenters. The third-order valence-electron chi connectivity index (χ3n) is 4.01. The van der Waals surface area contributed by atoms with E-state index < -0.39 is 0 Å². The Morgan fingerprint density at radius 1 is 1.32 bits per heavy atom. The predicted molar refractivity (Wildman–Crippen MR) is 122 cm³/mol. The van der Waals surface area contributed by atoms with E-state index in [0.29, 0.717) is 0 Å². The summed E-state index contributed by atoms with van der Waals surface area (Å²) in [4.78, 5) is 8.33. The number of hydrogen-bond acceptors (Lipinski definition) is 3. The number of halogens is 2. The highest BCUT2D eigenvalue weighted by Gasteiger charge is 2.19. The van der Waals surface area contributed by atoms with Gasteiger partial charge in [0.2, 0.25) is 0 Å². The molecule has 1 aromatic carbocycles. The number of unbranched alkanes of at least 4 members (excludes halogenated alkanes) is 1. The lowest BCUT2D eigenvalue weighted by Crippen LogP contribution is -2.46. The molecule has 25 heavy (non-hydrogen) atoms. The van der Waals surface area contributed by atoms with E-state index in [2.05, 4.69) is 51.3 Å². The maximum atomic E-state index is 9.63. The highest BCUT2D eigenvalue weighted by Crippen LogP contribution is 2.27. The molecule has 0 saturated carbocycles. The van der Waals surface area contributed by atoms with Gasteiger partial charge in [-0.3, -0.25) is 4.99 Å². The number of hydrogen-bond donors (Lipinski definition) is 2. The van der Waals surface area contributed by atoms with Gasteiger partial charge in [0.15, 0.2) is 5.96 Å². The molecule has 1 saturated heterocycles. The Labute approximate surface area is 181 Å². The van der Waals surface area contributed by atoms with Crippen molar-refractivity contribution >= 4 is 57.6 Å². The van der Waals surface area contributed by atoms with Crippen molar-refractivity contribution in [3.05, 3.63) is 28.7 Å². The van der Waals surface area contributed by atoms with Crippen molar-refractivity contribution in [2.45, 2.75) is 43.6 Å². The molecule has 1 aliphatic heterocycles. The molecule has 1 aliphatic rings. The minimum Gasteiger partial charge on any atom is -0.393 e. The number of piperidine rings is 1. The highest BCUT2D eigenvalue weighted by atomic mass is 127. The fourth-order valence-corrected chi connectivity index (χ4v) is 4.22. The fourth-order valence-electron chi connectivity index (χ4n) is 2.65. The first-order valence-electron chi connectivity index (χ1n) is 8.79. The maximum Gasteiger partial charge on any atom is 0.193 e. The first-order chi connectivity index (χ1) is 11.7. The number of benzene rings is 1. The summed E-state index contributed by atoms with van der Waals surface area (Å²) in [5.74, 6) is 2.12. The smallest absolute Gasteiger partial charge is 0.193 e. The molecule has 0 aliphatic carbocycles. The van der Waals surface area contributed by atoms with Gasteiger partial charge < -0.3 is 15.3 Å². The molecule has 2 N–H and O–H groups in total. The summed E-state index contributed by atoms with van der Waals surface area (Å²) >= 11 is 5.48. The summed E-state index contributed by atoms with van der Waals surface area (Å²) in [7, 11) is 0. The monoisotopic (exact) mass is 541 g/mol. The van der Waals surface area contributed by atoms with E-state index >= 15 is 0 Å². The second-order valence-electron chi connectivity index (χ2n) is 5.94. The molecule has 0 amide bonds. The molecular formula is C18H29BrIN3OS. The Morgan fingerprint density at radius 3 is 2.72 bits per heavy atom. The van der Waals surface area contributed by atoms with E-state index in [1.165, 1.54) is 9.37 Å². The van der Waals surface area contributed by atoms with Crippen LogP contribution in [0.15, 0.2) is 38.6 Å². The van der Waals surface area contributed by atoms with Gasteiger partial charge in [0.1, 0.15) is 0 Å². The van der Waals surface area contributed by atoms with E-state index in [1.54, 1.807) is 0 Å². The Kier molecular flexibility index (Phi) is 12.2.